The summed E-state index contributed by atoms with van der Waals surface area (Å²) in [5.41, 5.74) is 1.68. The number of carbonyl (C=O) groups excluding carboxylic acids is 1. The molecule has 0 bridgehead atoms. The third-order valence-electron chi connectivity index (χ3n) is 6.21. The fourth-order valence-corrected chi connectivity index (χ4v) is 5.57. The van der Waals surface area contributed by atoms with Gasteiger partial charge in [-0.1, -0.05) is 19.1 Å². The van der Waals surface area contributed by atoms with E-state index in [2.05, 4.69) is 28.6 Å². The van der Waals surface area contributed by atoms with Gasteiger partial charge in [0.2, 0.25) is 5.91 Å². The molecule has 1 fully saturated rings. The van der Waals surface area contributed by atoms with Crippen molar-refractivity contribution in [2.24, 2.45) is 0 Å². The fourth-order valence-electron chi connectivity index (χ4n) is 4.34. The second kappa shape index (κ2) is 12.7. The van der Waals surface area contributed by atoms with Gasteiger partial charge in [-0.25, -0.2) is 4.98 Å². The number of hydrogen-bond donors (Lipinski definition) is 0. The quantitative estimate of drug-likeness (QED) is 0.335. The van der Waals surface area contributed by atoms with Crippen molar-refractivity contribution in [2.75, 3.05) is 46.3 Å². The number of nitrogens with zero attached hydrogens (tertiary/aromatic N) is 4. The number of hydrogen-bond acceptors (Lipinski definition) is 7. The summed E-state index contributed by atoms with van der Waals surface area (Å²) in [5.74, 6) is 0.224. The van der Waals surface area contributed by atoms with E-state index in [-0.39, 0.29) is 11.9 Å². The first kappa shape index (κ1) is 26.0. The van der Waals surface area contributed by atoms with Gasteiger partial charge in [0.15, 0.2) is 0 Å². The van der Waals surface area contributed by atoms with E-state index >= 15 is 0 Å². The van der Waals surface area contributed by atoms with E-state index in [0.717, 1.165) is 68.1 Å². The summed E-state index contributed by atoms with van der Waals surface area (Å²) < 4.78 is 23.9. The summed E-state index contributed by atoms with van der Waals surface area (Å²) in [5, 5.41) is 2.72. The number of amides is 1. The van der Waals surface area contributed by atoms with Crippen LogP contribution in [0.15, 0.2) is 34.7 Å². The molecule has 0 aliphatic carbocycles. The molecule has 0 saturated carbocycles. The van der Waals surface area contributed by atoms with Crippen molar-refractivity contribution in [1.29, 1.82) is 0 Å². The standard InChI is InChI=1S/C24H36N4O3S2/c1-4-10-27(11-5-6-12-28-14-13-26(3)18-23(28)29)19(2)16-20-7-8-21(17-22(20)33(30)31)24-25-9-15-32-24/h7-9,15,17,19H,4-6,10-14,16,18H2,1-3H3,(H,30,31)/p-1. The second-order valence-corrected chi connectivity index (χ2v) is 10.6. The summed E-state index contributed by atoms with van der Waals surface area (Å²) in [6.07, 6.45) is 5.46. The van der Waals surface area contributed by atoms with Crippen molar-refractivity contribution in [3.63, 3.8) is 0 Å². The number of benzene rings is 1. The molecule has 1 amide bonds. The zero-order chi connectivity index (χ0) is 23.8. The highest BCUT2D eigenvalue weighted by atomic mass is 32.2. The van der Waals surface area contributed by atoms with Crippen molar-refractivity contribution < 1.29 is 13.6 Å². The Morgan fingerprint density at radius 3 is 2.76 bits per heavy atom. The van der Waals surface area contributed by atoms with Gasteiger partial charge in [-0.05, 0) is 75.5 Å². The first-order chi connectivity index (χ1) is 15.9. The molecule has 2 heterocycles. The van der Waals surface area contributed by atoms with Crippen LogP contribution in [0, 0.1) is 0 Å². The van der Waals surface area contributed by atoms with Crippen LogP contribution >= 0.6 is 11.3 Å². The summed E-state index contributed by atoms with van der Waals surface area (Å²) in [4.78, 5) is 23.3. The molecule has 0 spiro atoms. The topological polar surface area (TPSA) is 79.8 Å². The third-order valence-corrected chi connectivity index (χ3v) is 7.77. The van der Waals surface area contributed by atoms with Crippen molar-refractivity contribution >= 4 is 28.3 Å². The second-order valence-electron chi connectivity index (χ2n) is 8.81. The molecular formula is C24H35N4O3S2-. The molecule has 1 saturated heterocycles. The Morgan fingerprint density at radius 1 is 1.27 bits per heavy atom. The Morgan fingerprint density at radius 2 is 2.09 bits per heavy atom. The zero-order valence-corrected chi connectivity index (χ0v) is 21.5. The fraction of sp³-hybridized carbons (Fsp3) is 0.583. The van der Waals surface area contributed by atoms with Gasteiger partial charge in [0.1, 0.15) is 5.01 Å². The number of aromatic nitrogens is 1. The van der Waals surface area contributed by atoms with E-state index < -0.39 is 11.1 Å². The molecule has 9 heteroatoms. The number of thiazole rings is 1. The van der Waals surface area contributed by atoms with Gasteiger partial charge in [-0.2, -0.15) is 0 Å². The molecule has 2 aromatic rings. The van der Waals surface area contributed by atoms with E-state index in [1.165, 1.54) is 11.3 Å². The highest BCUT2D eigenvalue weighted by molar-refractivity contribution is 7.79. The Balaban J connectivity index is 1.57. The zero-order valence-electron chi connectivity index (χ0n) is 19.9. The van der Waals surface area contributed by atoms with E-state index in [9.17, 15) is 13.6 Å². The summed E-state index contributed by atoms with van der Waals surface area (Å²) in [7, 11) is 1.99. The Bertz CT molecular complexity index is 922. The molecule has 1 aliphatic heterocycles. The largest absolute Gasteiger partial charge is 0.768 e. The molecule has 3 rings (SSSR count). The molecule has 182 valence electrons. The average molecular weight is 492 g/mol. The summed E-state index contributed by atoms with van der Waals surface area (Å²) in [6.45, 7) is 9.36. The highest BCUT2D eigenvalue weighted by Gasteiger charge is 2.21. The molecule has 1 aliphatic rings. The van der Waals surface area contributed by atoms with Gasteiger partial charge in [-0.15, -0.1) is 11.3 Å². The third kappa shape index (κ3) is 7.42. The van der Waals surface area contributed by atoms with Crippen LogP contribution in [0.25, 0.3) is 10.6 Å². The molecule has 1 aromatic heterocycles. The van der Waals surface area contributed by atoms with E-state index in [4.69, 9.17) is 0 Å². The maximum atomic E-state index is 12.2. The highest BCUT2D eigenvalue weighted by Crippen LogP contribution is 2.27. The maximum Gasteiger partial charge on any atom is 0.236 e. The van der Waals surface area contributed by atoms with E-state index in [1.54, 1.807) is 12.3 Å². The molecule has 0 radical (unpaired) electrons. The van der Waals surface area contributed by atoms with Gasteiger partial charge in [0.25, 0.3) is 0 Å². The van der Waals surface area contributed by atoms with Gasteiger partial charge in [0, 0.05) is 47.7 Å². The molecule has 7 nitrogen and oxygen atoms in total. The monoisotopic (exact) mass is 491 g/mol. The number of piperazine rings is 1. The van der Waals surface area contributed by atoms with Crippen molar-refractivity contribution in [1.82, 2.24) is 19.7 Å². The van der Waals surface area contributed by atoms with Gasteiger partial charge >= 0.3 is 0 Å². The number of carbonyl (C=O) groups is 1. The number of rotatable bonds is 12. The summed E-state index contributed by atoms with van der Waals surface area (Å²) in [6, 6.07) is 5.86. The van der Waals surface area contributed by atoms with Crippen molar-refractivity contribution in [3.05, 3.63) is 35.3 Å². The number of unbranched alkanes of at least 4 members (excludes halogenated alkanes) is 1. The van der Waals surface area contributed by atoms with Crippen LogP contribution < -0.4 is 0 Å². The van der Waals surface area contributed by atoms with Crippen molar-refractivity contribution in [3.8, 4) is 10.6 Å². The van der Waals surface area contributed by atoms with Crippen LogP contribution in [0.4, 0.5) is 0 Å². The lowest BCUT2D eigenvalue weighted by molar-refractivity contribution is -0.135. The lowest BCUT2D eigenvalue weighted by atomic mass is 10.0. The van der Waals surface area contributed by atoms with Gasteiger partial charge in [0.05, 0.1) is 6.54 Å². The van der Waals surface area contributed by atoms with Crippen molar-refractivity contribution in [2.45, 2.75) is 50.5 Å². The first-order valence-corrected chi connectivity index (χ1v) is 13.7. The van der Waals surface area contributed by atoms with E-state index in [0.29, 0.717) is 17.9 Å². The van der Waals surface area contributed by atoms with Crippen LogP contribution in [0.2, 0.25) is 0 Å². The van der Waals surface area contributed by atoms with Gasteiger partial charge < -0.3 is 14.4 Å². The van der Waals surface area contributed by atoms with Crippen LogP contribution in [-0.4, -0.2) is 86.7 Å². The molecule has 33 heavy (non-hydrogen) atoms. The SMILES string of the molecule is CCCN(CCCCN1CCN(C)CC1=O)C(C)Cc1ccc(-c2nccs2)cc1S(=O)[O-]. The molecule has 1 aromatic carbocycles. The molecular weight excluding hydrogens is 456 g/mol. The Labute approximate surface area is 204 Å². The Hall–Kier alpha value is -1.65. The Kier molecular flexibility index (Phi) is 10.0. The first-order valence-electron chi connectivity index (χ1n) is 11.7. The molecule has 2 unspecified atom stereocenters. The van der Waals surface area contributed by atoms with E-state index in [1.807, 2.05) is 29.5 Å². The number of likely N-dealkylation sites (N-methyl/N-ethyl adjacent to an activating group) is 1. The van der Waals surface area contributed by atoms with Crippen LogP contribution in [0.1, 0.15) is 38.7 Å². The minimum atomic E-state index is -2.29. The smallest absolute Gasteiger partial charge is 0.236 e. The summed E-state index contributed by atoms with van der Waals surface area (Å²) >= 11 is -0.792. The predicted octanol–water partition coefficient (Wildman–Crippen LogP) is 3.25. The maximum absolute atomic E-state index is 12.2. The lowest BCUT2D eigenvalue weighted by Crippen LogP contribution is -2.49. The minimum Gasteiger partial charge on any atom is -0.768 e. The average Bonchev–Trinajstić information content (AvgIpc) is 3.32. The molecule has 0 N–H and O–H groups in total. The predicted molar refractivity (Wildman–Crippen MR) is 133 cm³/mol. The van der Waals surface area contributed by atoms with Crippen LogP contribution in [0.5, 0.6) is 0 Å². The minimum absolute atomic E-state index is 0.224. The van der Waals surface area contributed by atoms with Crippen LogP contribution in [-0.2, 0) is 22.3 Å². The normalized spacial score (nSPS) is 17.0. The van der Waals surface area contributed by atoms with Gasteiger partial charge in [-0.3, -0.25) is 13.9 Å². The lowest BCUT2D eigenvalue weighted by Gasteiger charge is -2.33. The van der Waals surface area contributed by atoms with Crippen LogP contribution in [0.3, 0.4) is 0 Å². The molecule has 2 atom stereocenters.